The second-order valence-electron chi connectivity index (χ2n) is 6.88. The van der Waals surface area contributed by atoms with Crippen LogP contribution >= 0.6 is 23.2 Å². The van der Waals surface area contributed by atoms with Crippen molar-refractivity contribution in [2.45, 2.75) is 18.5 Å². The number of carbonyl (C=O) groups is 2. The van der Waals surface area contributed by atoms with Gasteiger partial charge in [0.05, 0.1) is 0 Å². The smallest absolute Gasteiger partial charge is 0.321 e. The molecule has 3 amide bonds. The Kier molecular flexibility index (Phi) is 5.00. The number of nitrogens with one attached hydrogen (secondary N) is 2. The van der Waals surface area contributed by atoms with Gasteiger partial charge in [0.25, 0.3) is 5.91 Å². The quantitative estimate of drug-likeness (QED) is 0.777. The van der Waals surface area contributed by atoms with E-state index < -0.39 is 5.66 Å². The molecule has 1 spiro atoms. The number of hydrogen-bond donors (Lipinski definition) is 2. The SMILES string of the molecule is O=C1NC2(CCN(C(=O)Nc3ccc(Cl)cc3)CC2)N=C1c1ccc(Cl)cc1. The van der Waals surface area contributed by atoms with Gasteiger partial charge in [-0.15, -0.1) is 0 Å². The minimum atomic E-state index is -0.650. The van der Waals surface area contributed by atoms with Gasteiger partial charge < -0.3 is 15.5 Å². The molecule has 0 aliphatic carbocycles. The Morgan fingerprint density at radius 3 is 2.18 bits per heavy atom. The van der Waals surface area contributed by atoms with Crippen LogP contribution in [0.25, 0.3) is 0 Å². The standard InChI is InChI=1S/C20H18Cl2N4O2/c21-14-3-1-13(2-4-14)17-18(27)25-20(24-17)9-11-26(12-10-20)19(28)23-16-7-5-15(22)6-8-16/h1-8H,9-12H2,(H,23,28)(H,25,27). The summed E-state index contributed by atoms with van der Waals surface area (Å²) >= 11 is 11.8. The van der Waals surface area contributed by atoms with E-state index in [4.69, 9.17) is 23.2 Å². The maximum atomic E-state index is 12.5. The van der Waals surface area contributed by atoms with Crippen LogP contribution in [0.5, 0.6) is 0 Å². The molecule has 2 aliphatic heterocycles. The van der Waals surface area contributed by atoms with Crippen LogP contribution in [0.4, 0.5) is 10.5 Å². The maximum absolute atomic E-state index is 12.5. The predicted molar refractivity (Wildman–Crippen MR) is 110 cm³/mol. The lowest BCUT2D eigenvalue weighted by molar-refractivity contribution is -0.115. The van der Waals surface area contributed by atoms with E-state index in [2.05, 4.69) is 15.6 Å². The first-order chi connectivity index (χ1) is 13.4. The molecule has 2 heterocycles. The molecule has 2 aromatic rings. The zero-order valence-corrected chi connectivity index (χ0v) is 16.4. The molecule has 8 heteroatoms. The number of hydrogen-bond acceptors (Lipinski definition) is 3. The molecule has 0 saturated carbocycles. The summed E-state index contributed by atoms with van der Waals surface area (Å²) in [7, 11) is 0. The van der Waals surface area contributed by atoms with Gasteiger partial charge in [0.15, 0.2) is 0 Å². The Hall–Kier alpha value is -2.57. The van der Waals surface area contributed by atoms with Crippen molar-refractivity contribution < 1.29 is 9.59 Å². The molecule has 0 radical (unpaired) electrons. The molecule has 0 unspecified atom stereocenters. The van der Waals surface area contributed by atoms with Gasteiger partial charge in [-0.2, -0.15) is 0 Å². The lowest BCUT2D eigenvalue weighted by atomic mass is 9.98. The fraction of sp³-hybridized carbons (Fsp3) is 0.250. The molecule has 2 aliphatic rings. The van der Waals surface area contributed by atoms with Crippen LogP contribution in [0.15, 0.2) is 53.5 Å². The van der Waals surface area contributed by atoms with Crippen molar-refractivity contribution in [2.24, 2.45) is 4.99 Å². The molecule has 1 fully saturated rings. The minimum absolute atomic E-state index is 0.177. The minimum Gasteiger partial charge on any atom is -0.326 e. The van der Waals surface area contributed by atoms with Crippen molar-refractivity contribution in [2.75, 3.05) is 18.4 Å². The third-order valence-electron chi connectivity index (χ3n) is 4.98. The van der Waals surface area contributed by atoms with E-state index in [0.717, 1.165) is 5.56 Å². The summed E-state index contributed by atoms with van der Waals surface area (Å²) in [6.45, 7) is 0.994. The monoisotopic (exact) mass is 416 g/mol. The van der Waals surface area contributed by atoms with E-state index in [-0.39, 0.29) is 11.9 Å². The molecule has 28 heavy (non-hydrogen) atoms. The fourth-order valence-electron chi connectivity index (χ4n) is 3.42. The first-order valence-electron chi connectivity index (χ1n) is 8.94. The number of likely N-dealkylation sites (tertiary alicyclic amines) is 1. The van der Waals surface area contributed by atoms with Crippen LogP contribution in [0.3, 0.4) is 0 Å². The summed E-state index contributed by atoms with van der Waals surface area (Å²) in [4.78, 5) is 31.3. The Morgan fingerprint density at radius 1 is 1.00 bits per heavy atom. The number of piperidine rings is 1. The summed E-state index contributed by atoms with van der Waals surface area (Å²) in [5.41, 5.74) is 1.19. The number of anilines is 1. The molecule has 1 saturated heterocycles. The molecule has 2 aromatic carbocycles. The van der Waals surface area contributed by atoms with Crippen molar-refractivity contribution in [3.05, 3.63) is 64.1 Å². The summed E-state index contributed by atoms with van der Waals surface area (Å²) in [6.07, 6.45) is 1.12. The van der Waals surface area contributed by atoms with Gasteiger partial charge in [-0.1, -0.05) is 35.3 Å². The number of aliphatic imine (C=N–C) groups is 1. The highest BCUT2D eigenvalue weighted by atomic mass is 35.5. The van der Waals surface area contributed by atoms with Crippen LogP contribution < -0.4 is 10.6 Å². The molecular formula is C20H18Cl2N4O2. The van der Waals surface area contributed by atoms with Gasteiger partial charge >= 0.3 is 6.03 Å². The molecular weight excluding hydrogens is 399 g/mol. The van der Waals surface area contributed by atoms with E-state index >= 15 is 0 Å². The molecule has 0 aromatic heterocycles. The molecule has 144 valence electrons. The summed E-state index contributed by atoms with van der Waals surface area (Å²) < 4.78 is 0. The first-order valence-corrected chi connectivity index (χ1v) is 9.70. The highest BCUT2D eigenvalue weighted by molar-refractivity contribution is 6.47. The van der Waals surface area contributed by atoms with E-state index in [9.17, 15) is 9.59 Å². The average Bonchev–Trinajstić information content (AvgIpc) is 3.00. The molecule has 0 atom stereocenters. The van der Waals surface area contributed by atoms with E-state index in [1.165, 1.54) is 0 Å². The Morgan fingerprint density at radius 2 is 1.57 bits per heavy atom. The van der Waals surface area contributed by atoms with E-state index in [1.807, 2.05) is 0 Å². The van der Waals surface area contributed by atoms with Crippen molar-refractivity contribution in [3.63, 3.8) is 0 Å². The Bertz CT molecular complexity index is 934. The fourth-order valence-corrected chi connectivity index (χ4v) is 3.67. The van der Waals surface area contributed by atoms with Gasteiger partial charge in [0.2, 0.25) is 0 Å². The molecule has 4 rings (SSSR count). The zero-order chi connectivity index (χ0) is 19.7. The van der Waals surface area contributed by atoms with Gasteiger partial charge in [-0.05, 0) is 36.4 Å². The number of halogens is 2. The first kappa shape index (κ1) is 18.8. The average molecular weight is 417 g/mol. The van der Waals surface area contributed by atoms with E-state index in [1.54, 1.807) is 53.4 Å². The number of amides is 3. The largest absolute Gasteiger partial charge is 0.326 e. The lowest BCUT2D eigenvalue weighted by Gasteiger charge is -2.37. The normalized spacial score (nSPS) is 18.0. The number of nitrogens with zero attached hydrogens (tertiary/aromatic N) is 2. The third kappa shape index (κ3) is 3.84. The Balaban J connectivity index is 1.41. The Labute approximate surface area is 172 Å². The number of rotatable bonds is 2. The topological polar surface area (TPSA) is 73.8 Å². The summed E-state index contributed by atoms with van der Waals surface area (Å²) in [5, 5.41) is 7.08. The third-order valence-corrected chi connectivity index (χ3v) is 5.48. The van der Waals surface area contributed by atoms with Crippen molar-refractivity contribution in [1.82, 2.24) is 10.2 Å². The second kappa shape index (κ2) is 7.45. The second-order valence-corrected chi connectivity index (χ2v) is 7.75. The number of benzene rings is 2. The van der Waals surface area contributed by atoms with Crippen molar-refractivity contribution in [3.8, 4) is 0 Å². The lowest BCUT2D eigenvalue weighted by Crippen LogP contribution is -2.53. The highest BCUT2D eigenvalue weighted by Crippen LogP contribution is 2.29. The number of urea groups is 1. The summed E-state index contributed by atoms with van der Waals surface area (Å²) in [6, 6.07) is 13.8. The number of carbonyl (C=O) groups excluding carboxylic acids is 2. The molecule has 0 bridgehead atoms. The van der Waals surface area contributed by atoms with Crippen LogP contribution in [0.2, 0.25) is 10.0 Å². The maximum Gasteiger partial charge on any atom is 0.321 e. The van der Waals surface area contributed by atoms with Gasteiger partial charge in [0.1, 0.15) is 11.4 Å². The van der Waals surface area contributed by atoms with Crippen molar-refractivity contribution >= 4 is 46.5 Å². The molecule has 6 nitrogen and oxygen atoms in total. The predicted octanol–water partition coefficient (Wildman–Crippen LogP) is 3.94. The summed E-state index contributed by atoms with van der Waals surface area (Å²) in [5.74, 6) is -0.193. The zero-order valence-electron chi connectivity index (χ0n) is 14.9. The van der Waals surface area contributed by atoms with Crippen LogP contribution in [0, 0.1) is 0 Å². The van der Waals surface area contributed by atoms with Crippen LogP contribution in [-0.2, 0) is 4.79 Å². The van der Waals surface area contributed by atoms with Gasteiger partial charge in [-0.3, -0.25) is 9.79 Å². The van der Waals surface area contributed by atoms with Crippen LogP contribution in [0.1, 0.15) is 18.4 Å². The van der Waals surface area contributed by atoms with Gasteiger partial charge in [0, 0.05) is 47.2 Å². The highest BCUT2D eigenvalue weighted by Gasteiger charge is 2.42. The van der Waals surface area contributed by atoms with Crippen LogP contribution in [-0.4, -0.2) is 41.3 Å². The van der Waals surface area contributed by atoms with E-state index in [0.29, 0.717) is 47.4 Å². The van der Waals surface area contributed by atoms with Gasteiger partial charge in [-0.25, -0.2) is 4.79 Å². The molecule has 2 N–H and O–H groups in total. The van der Waals surface area contributed by atoms with Crippen molar-refractivity contribution in [1.29, 1.82) is 0 Å².